The molecule has 2 heterocycles. The molecule has 0 saturated heterocycles. The summed E-state index contributed by atoms with van der Waals surface area (Å²) in [7, 11) is 0. The first kappa shape index (κ1) is 8.32. The van der Waals surface area contributed by atoms with Crippen LogP contribution in [0.25, 0.3) is 11.7 Å². The van der Waals surface area contributed by atoms with Crippen LogP contribution in [0.2, 0.25) is 0 Å². The smallest absolute Gasteiger partial charge is 0.137 e. The monoisotopic (exact) mass is 192 g/mol. The molecule has 0 aliphatic carbocycles. The predicted molar refractivity (Wildman–Crippen MR) is 54.9 cm³/mol. The van der Waals surface area contributed by atoms with Crippen LogP contribution in [0.4, 0.5) is 0 Å². The molecule has 2 aromatic rings. The zero-order valence-corrected chi connectivity index (χ0v) is 7.78. The molecule has 13 heavy (non-hydrogen) atoms. The minimum Gasteiger partial charge on any atom is -0.306 e. The standard InChI is InChI=1S/C10H9ClN2/c11-6-3-4-9-8-13-7-2-1-5-10(13)12-9/h1-5,7-8H,6H2/b4-3-. The van der Waals surface area contributed by atoms with E-state index in [-0.39, 0.29) is 0 Å². The first-order valence-corrected chi connectivity index (χ1v) is 4.60. The molecule has 0 bridgehead atoms. The summed E-state index contributed by atoms with van der Waals surface area (Å²) in [5.41, 5.74) is 1.89. The molecule has 0 saturated carbocycles. The number of fused-ring (bicyclic) bond motifs is 1. The van der Waals surface area contributed by atoms with Gasteiger partial charge in [-0.3, -0.25) is 0 Å². The molecule has 0 aliphatic rings. The summed E-state index contributed by atoms with van der Waals surface area (Å²) in [6, 6.07) is 5.92. The lowest BCUT2D eigenvalue weighted by molar-refractivity contribution is 1.19. The van der Waals surface area contributed by atoms with Crippen molar-refractivity contribution in [2.75, 3.05) is 5.88 Å². The largest absolute Gasteiger partial charge is 0.306 e. The molecule has 0 unspecified atom stereocenters. The number of rotatable bonds is 2. The molecule has 2 aromatic heterocycles. The van der Waals surface area contributed by atoms with Gasteiger partial charge in [-0.2, -0.15) is 0 Å². The summed E-state index contributed by atoms with van der Waals surface area (Å²) < 4.78 is 1.98. The second-order valence-electron chi connectivity index (χ2n) is 2.69. The number of aromatic nitrogens is 2. The molecule has 0 N–H and O–H groups in total. The molecule has 66 valence electrons. The fourth-order valence-corrected chi connectivity index (χ4v) is 1.29. The molecule has 0 fully saturated rings. The van der Waals surface area contributed by atoms with Gasteiger partial charge in [0.15, 0.2) is 0 Å². The Balaban J connectivity index is 2.44. The topological polar surface area (TPSA) is 17.3 Å². The van der Waals surface area contributed by atoms with Gasteiger partial charge in [0.2, 0.25) is 0 Å². The Morgan fingerprint density at radius 2 is 2.38 bits per heavy atom. The van der Waals surface area contributed by atoms with E-state index >= 15 is 0 Å². The zero-order chi connectivity index (χ0) is 9.10. The average Bonchev–Trinajstić information content (AvgIpc) is 2.57. The van der Waals surface area contributed by atoms with Crippen LogP contribution in [0.15, 0.2) is 36.7 Å². The van der Waals surface area contributed by atoms with Crippen molar-refractivity contribution in [3.05, 3.63) is 42.4 Å². The summed E-state index contributed by atoms with van der Waals surface area (Å²) >= 11 is 5.53. The minimum atomic E-state index is 0.522. The van der Waals surface area contributed by atoms with E-state index in [4.69, 9.17) is 11.6 Å². The molecule has 0 aromatic carbocycles. The van der Waals surface area contributed by atoms with Crippen molar-refractivity contribution in [1.82, 2.24) is 9.38 Å². The van der Waals surface area contributed by atoms with Crippen molar-refractivity contribution in [3.8, 4) is 0 Å². The van der Waals surface area contributed by atoms with Crippen LogP contribution in [0.1, 0.15) is 5.69 Å². The lowest BCUT2D eigenvalue weighted by Crippen LogP contribution is -1.77. The Bertz CT molecular complexity index is 398. The van der Waals surface area contributed by atoms with Crippen molar-refractivity contribution in [2.24, 2.45) is 0 Å². The van der Waals surface area contributed by atoms with E-state index in [1.54, 1.807) is 0 Å². The van der Waals surface area contributed by atoms with E-state index < -0.39 is 0 Å². The first-order valence-electron chi connectivity index (χ1n) is 4.06. The van der Waals surface area contributed by atoms with Gasteiger partial charge >= 0.3 is 0 Å². The molecule has 2 rings (SSSR count). The van der Waals surface area contributed by atoms with E-state index in [0.717, 1.165) is 11.3 Å². The number of hydrogen-bond acceptors (Lipinski definition) is 1. The van der Waals surface area contributed by atoms with Crippen LogP contribution >= 0.6 is 11.6 Å². The first-order chi connectivity index (χ1) is 6.40. The maximum Gasteiger partial charge on any atom is 0.137 e. The third kappa shape index (κ3) is 1.73. The molecular weight excluding hydrogens is 184 g/mol. The Morgan fingerprint density at radius 1 is 1.46 bits per heavy atom. The molecule has 0 amide bonds. The number of alkyl halides is 1. The van der Waals surface area contributed by atoms with Gasteiger partial charge in [0.25, 0.3) is 0 Å². The summed E-state index contributed by atoms with van der Waals surface area (Å²) in [4.78, 5) is 4.37. The summed E-state index contributed by atoms with van der Waals surface area (Å²) in [5.74, 6) is 0.522. The van der Waals surface area contributed by atoms with Crippen LogP contribution < -0.4 is 0 Å². The van der Waals surface area contributed by atoms with E-state index in [2.05, 4.69) is 4.98 Å². The summed E-state index contributed by atoms with van der Waals surface area (Å²) in [6.45, 7) is 0. The van der Waals surface area contributed by atoms with E-state index in [9.17, 15) is 0 Å². The van der Waals surface area contributed by atoms with Crippen molar-refractivity contribution < 1.29 is 0 Å². The Morgan fingerprint density at radius 3 is 3.15 bits per heavy atom. The zero-order valence-electron chi connectivity index (χ0n) is 7.02. The quantitative estimate of drug-likeness (QED) is 0.669. The second kappa shape index (κ2) is 3.62. The van der Waals surface area contributed by atoms with Crippen molar-refractivity contribution in [1.29, 1.82) is 0 Å². The molecule has 2 nitrogen and oxygen atoms in total. The number of halogens is 1. The van der Waals surface area contributed by atoms with Gasteiger partial charge in [-0.1, -0.05) is 12.1 Å². The van der Waals surface area contributed by atoms with Gasteiger partial charge in [-0.15, -0.1) is 11.6 Å². The molecule has 0 atom stereocenters. The Hall–Kier alpha value is -1.28. The summed E-state index contributed by atoms with van der Waals surface area (Å²) in [5, 5.41) is 0. The van der Waals surface area contributed by atoms with Crippen LogP contribution in [0.5, 0.6) is 0 Å². The number of allylic oxidation sites excluding steroid dienone is 1. The maximum absolute atomic E-state index is 5.53. The minimum absolute atomic E-state index is 0.522. The highest BCUT2D eigenvalue weighted by atomic mass is 35.5. The lowest BCUT2D eigenvalue weighted by atomic mass is 10.4. The van der Waals surface area contributed by atoms with Crippen LogP contribution in [-0.4, -0.2) is 15.3 Å². The normalized spacial score (nSPS) is 11.5. The molecular formula is C10H9ClN2. The van der Waals surface area contributed by atoms with Crippen LogP contribution in [0, 0.1) is 0 Å². The fraction of sp³-hybridized carbons (Fsp3) is 0.100. The maximum atomic E-state index is 5.53. The molecule has 0 aliphatic heterocycles. The third-order valence-corrected chi connectivity index (χ3v) is 1.94. The van der Waals surface area contributed by atoms with Crippen LogP contribution in [-0.2, 0) is 0 Å². The fourth-order valence-electron chi connectivity index (χ4n) is 1.20. The third-order valence-electron chi connectivity index (χ3n) is 1.76. The van der Waals surface area contributed by atoms with Gasteiger partial charge < -0.3 is 4.40 Å². The van der Waals surface area contributed by atoms with Gasteiger partial charge in [0.1, 0.15) is 5.65 Å². The molecule has 3 heteroatoms. The molecule has 0 radical (unpaired) electrons. The number of pyridine rings is 1. The molecule has 0 spiro atoms. The average molecular weight is 193 g/mol. The highest BCUT2D eigenvalue weighted by Crippen LogP contribution is 2.05. The van der Waals surface area contributed by atoms with Crippen molar-refractivity contribution in [2.45, 2.75) is 0 Å². The number of nitrogens with zero attached hydrogens (tertiary/aromatic N) is 2. The Labute approximate surface area is 81.5 Å². The van der Waals surface area contributed by atoms with Crippen molar-refractivity contribution >= 4 is 23.3 Å². The van der Waals surface area contributed by atoms with E-state index in [0.29, 0.717) is 5.88 Å². The highest BCUT2D eigenvalue weighted by Gasteiger charge is 1.95. The second-order valence-corrected chi connectivity index (χ2v) is 3.00. The van der Waals surface area contributed by atoms with Gasteiger partial charge in [0.05, 0.1) is 5.69 Å². The Kier molecular flexibility index (Phi) is 2.32. The van der Waals surface area contributed by atoms with Gasteiger partial charge in [-0.05, 0) is 18.2 Å². The van der Waals surface area contributed by atoms with Gasteiger partial charge in [0, 0.05) is 18.3 Å². The van der Waals surface area contributed by atoms with E-state index in [1.807, 2.05) is 47.1 Å². The van der Waals surface area contributed by atoms with Crippen molar-refractivity contribution in [3.63, 3.8) is 0 Å². The number of imidazole rings is 1. The summed E-state index contributed by atoms with van der Waals surface area (Å²) in [6.07, 6.45) is 7.74. The predicted octanol–water partition coefficient (Wildman–Crippen LogP) is 2.59. The SMILES string of the molecule is ClC/C=C\c1cn2ccccc2n1. The van der Waals surface area contributed by atoms with Crippen LogP contribution in [0.3, 0.4) is 0 Å². The van der Waals surface area contributed by atoms with Gasteiger partial charge in [-0.25, -0.2) is 4.98 Å². The number of hydrogen-bond donors (Lipinski definition) is 0. The highest BCUT2D eigenvalue weighted by molar-refractivity contribution is 6.19. The van der Waals surface area contributed by atoms with E-state index in [1.165, 1.54) is 0 Å². The lowest BCUT2D eigenvalue weighted by Gasteiger charge is -1.86.